The summed E-state index contributed by atoms with van der Waals surface area (Å²) in [5, 5.41) is 17.9. The number of carbonyl (C=O) groups excluding carboxylic acids is 1. The Morgan fingerprint density at radius 3 is 2.72 bits per heavy atom. The molecule has 4 aromatic rings. The zero-order chi connectivity index (χ0) is 25.1. The van der Waals surface area contributed by atoms with E-state index in [4.69, 9.17) is 0 Å². The summed E-state index contributed by atoms with van der Waals surface area (Å²) in [5.74, 6) is -0.612. The van der Waals surface area contributed by atoms with Crippen LogP contribution in [0.5, 0.6) is 0 Å². The van der Waals surface area contributed by atoms with Crippen LogP contribution in [0.3, 0.4) is 0 Å². The van der Waals surface area contributed by atoms with E-state index in [0.717, 1.165) is 5.69 Å². The van der Waals surface area contributed by atoms with Gasteiger partial charge in [0, 0.05) is 30.5 Å². The van der Waals surface area contributed by atoms with Gasteiger partial charge in [-0.25, -0.2) is 22.5 Å². The molecule has 1 aromatic carbocycles. The molecule has 0 aliphatic heterocycles. The third-order valence-corrected chi connectivity index (χ3v) is 10.3. The number of hydrogen-bond acceptors (Lipinski definition) is 9. The Kier molecular flexibility index (Phi) is 5.37. The number of hydrogen-bond donors (Lipinski definition) is 0. The highest BCUT2D eigenvalue weighted by molar-refractivity contribution is 7.92. The topological polar surface area (TPSA) is 126 Å². The molecular formula is C23H22FN7O3S2. The van der Waals surface area contributed by atoms with Gasteiger partial charge in [0.05, 0.1) is 28.5 Å². The monoisotopic (exact) mass is 527 g/mol. The van der Waals surface area contributed by atoms with Crippen LogP contribution in [0.25, 0.3) is 5.69 Å². The number of fused-ring (bicyclic) bond motifs is 2. The smallest absolute Gasteiger partial charge is 0.201 e. The van der Waals surface area contributed by atoms with Crippen molar-refractivity contribution < 1.29 is 17.6 Å². The lowest BCUT2D eigenvalue weighted by Gasteiger charge is -2.47. The highest BCUT2D eigenvalue weighted by Gasteiger charge is 2.56. The normalized spacial score (nSPS) is 23.7. The number of thiazole rings is 1. The third-order valence-electron chi connectivity index (χ3n) is 7.44. The Bertz CT molecular complexity index is 1550. The molecule has 36 heavy (non-hydrogen) atoms. The lowest BCUT2D eigenvalue weighted by molar-refractivity contribution is 0.0488. The average molecular weight is 528 g/mol. The molecule has 0 amide bonds. The van der Waals surface area contributed by atoms with E-state index in [-0.39, 0.29) is 35.4 Å². The molecule has 0 bridgehead atoms. The minimum absolute atomic E-state index is 0.0796. The zero-order valence-electron chi connectivity index (χ0n) is 19.3. The van der Waals surface area contributed by atoms with Crippen LogP contribution in [0.1, 0.15) is 40.5 Å². The number of sulfone groups is 1. The first-order valence-electron chi connectivity index (χ1n) is 11.5. The molecular weight excluding hydrogens is 505 g/mol. The number of Topliss-reactive ketones (excluding diaryl/α,β-unsaturated/α-hetero) is 1. The van der Waals surface area contributed by atoms with Gasteiger partial charge in [0.15, 0.2) is 15.8 Å². The molecule has 0 spiro atoms. The molecule has 2 aliphatic carbocycles. The minimum atomic E-state index is -3.79. The predicted molar refractivity (Wildman–Crippen MR) is 127 cm³/mol. The van der Waals surface area contributed by atoms with Gasteiger partial charge in [-0.1, -0.05) is 5.21 Å². The van der Waals surface area contributed by atoms with E-state index < -0.39 is 20.5 Å². The van der Waals surface area contributed by atoms with Gasteiger partial charge in [0.25, 0.3) is 0 Å². The van der Waals surface area contributed by atoms with E-state index in [2.05, 4.69) is 25.5 Å². The van der Waals surface area contributed by atoms with Crippen LogP contribution in [0.2, 0.25) is 0 Å². The Morgan fingerprint density at radius 1 is 1.22 bits per heavy atom. The third kappa shape index (κ3) is 3.60. The maximum atomic E-state index is 14.0. The molecule has 1 saturated carbocycles. The second-order valence-electron chi connectivity index (χ2n) is 9.39. The van der Waals surface area contributed by atoms with Gasteiger partial charge in [-0.15, -0.1) is 21.5 Å². The molecule has 2 aliphatic rings. The van der Waals surface area contributed by atoms with Crippen LogP contribution in [0.15, 0.2) is 47.1 Å². The SMILES string of the molecule is Cn1ncc(S(=O)(=O)[C@H]2CCC3Cc4c(nnn4-c4ccc(F)cc4)C[C@]3(C(=O)c3nccs3)C2)n1. The number of nitrogens with zero attached hydrogens (tertiary/aromatic N) is 7. The van der Waals surface area contributed by atoms with E-state index in [1.807, 2.05) is 0 Å². The molecule has 10 nitrogen and oxygen atoms in total. The molecule has 1 unspecified atom stereocenters. The summed E-state index contributed by atoms with van der Waals surface area (Å²) in [5.41, 5.74) is 1.22. The van der Waals surface area contributed by atoms with E-state index in [1.165, 1.54) is 34.5 Å². The van der Waals surface area contributed by atoms with Crippen LogP contribution in [-0.4, -0.2) is 54.4 Å². The van der Waals surface area contributed by atoms with Crippen molar-refractivity contribution in [2.24, 2.45) is 18.4 Å². The maximum absolute atomic E-state index is 14.0. The molecule has 6 rings (SSSR count). The van der Waals surface area contributed by atoms with E-state index in [0.29, 0.717) is 35.7 Å². The van der Waals surface area contributed by atoms with Crippen molar-refractivity contribution in [3.63, 3.8) is 0 Å². The first kappa shape index (κ1) is 23.1. The van der Waals surface area contributed by atoms with Crippen LogP contribution in [0.4, 0.5) is 4.39 Å². The van der Waals surface area contributed by atoms with Crippen molar-refractivity contribution in [3.8, 4) is 5.69 Å². The second kappa shape index (κ2) is 8.37. The summed E-state index contributed by atoms with van der Waals surface area (Å²) in [7, 11) is -2.23. The fourth-order valence-corrected chi connectivity index (χ4v) is 8.06. The molecule has 0 N–H and O–H groups in total. The first-order valence-corrected chi connectivity index (χ1v) is 13.9. The predicted octanol–water partition coefficient (Wildman–Crippen LogP) is 2.60. The fraction of sp³-hybridized carbons (Fsp3) is 0.391. The van der Waals surface area contributed by atoms with Crippen LogP contribution < -0.4 is 0 Å². The van der Waals surface area contributed by atoms with Gasteiger partial charge in [-0.05, 0) is 55.9 Å². The highest BCUT2D eigenvalue weighted by atomic mass is 32.2. The quantitative estimate of drug-likeness (QED) is 0.363. The van der Waals surface area contributed by atoms with E-state index in [1.54, 1.807) is 35.4 Å². The van der Waals surface area contributed by atoms with Gasteiger partial charge in [-0.2, -0.15) is 9.90 Å². The minimum Gasteiger partial charge on any atom is -0.291 e. The molecule has 1 fully saturated rings. The number of carbonyl (C=O) groups is 1. The fourth-order valence-electron chi connectivity index (χ4n) is 5.65. The summed E-state index contributed by atoms with van der Waals surface area (Å²) in [6, 6.07) is 6.00. The summed E-state index contributed by atoms with van der Waals surface area (Å²) >= 11 is 1.26. The molecule has 3 aromatic heterocycles. The number of aromatic nitrogens is 7. The van der Waals surface area contributed by atoms with Gasteiger partial charge < -0.3 is 0 Å². The van der Waals surface area contributed by atoms with Crippen molar-refractivity contribution in [1.82, 2.24) is 35.0 Å². The highest BCUT2D eigenvalue weighted by Crippen LogP contribution is 2.52. The number of ketones is 1. The van der Waals surface area contributed by atoms with Crippen molar-refractivity contribution in [2.45, 2.75) is 42.4 Å². The first-order chi connectivity index (χ1) is 17.3. The van der Waals surface area contributed by atoms with E-state index >= 15 is 0 Å². The number of aryl methyl sites for hydroxylation is 1. The Balaban J connectivity index is 1.42. The summed E-state index contributed by atoms with van der Waals surface area (Å²) in [6.45, 7) is 0. The summed E-state index contributed by atoms with van der Waals surface area (Å²) in [4.78, 5) is 19.5. The zero-order valence-corrected chi connectivity index (χ0v) is 20.9. The summed E-state index contributed by atoms with van der Waals surface area (Å²) < 4.78 is 42.1. The van der Waals surface area contributed by atoms with Crippen LogP contribution in [-0.2, 0) is 29.7 Å². The van der Waals surface area contributed by atoms with Crippen LogP contribution in [0, 0.1) is 17.2 Å². The van der Waals surface area contributed by atoms with Crippen LogP contribution >= 0.6 is 11.3 Å². The van der Waals surface area contributed by atoms with Crippen molar-refractivity contribution >= 4 is 27.0 Å². The Morgan fingerprint density at radius 2 is 2.03 bits per heavy atom. The maximum Gasteiger partial charge on any atom is 0.201 e. The Hall–Kier alpha value is -3.32. The van der Waals surface area contributed by atoms with E-state index in [9.17, 15) is 17.6 Å². The largest absolute Gasteiger partial charge is 0.291 e. The molecule has 3 heterocycles. The molecule has 0 radical (unpaired) electrons. The number of benzene rings is 1. The Labute approximate surface area is 210 Å². The average Bonchev–Trinajstić information content (AvgIpc) is 3.63. The van der Waals surface area contributed by atoms with Gasteiger partial charge in [-0.3, -0.25) is 4.79 Å². The number of halogens is 1. The molecule has 0 saturated heterocycles. The lowest BCUT2D eigenvalue weighted by atomic mass is 9.57. The molecule has 186 valence electrons. The standard InChI is InChI=1S/C23H22FN7O3S2/c1-30-26-13-20(28-30)36(33,34)17-7-2-14-10-19-18(27-29-31(19)16-5-3-15(24)4-6-16)12-23(14,11-17)21(32)22-25-8-9-35-22/h3-6,8-9,13-14,17H,2,7,10-12H2,1H3/t14?,17-,23+/m0/s1. The molecule has 3 atom stereocenters. The molecule has 13 heteroatoms. The van der Waals surface area contributed by atoms with Crippen molar-refractivity contribution in [3.05, 3.63) is 64.3 Å². The van der Waals surface area contributed by atoms with Crippen molar-refractivity contribution in [1.29, 1.82) is 0 Å². The second-order valence-corrected chi connectivity index (χ2v) is 12.5. The van der Waals surface area contributed by atoms with Crippen molar-refractivity contribution in [2.75, 3.05) is 0 Å². The van der Waals surface area contributed by atoms with Gasteiger partial charge in [0.1, 0.15) is 5.82 Å². The van der Waals surface area contributed by atoms with Gasteiger partial charge in [0.2, 0.25) is 9.84 Å². The van der Waals surface area contributed by atoms with Gasteiger partial charge >= 0.3 is 0 Å². The number of rotatable bonds is 5. The summed E-state index contributed by atoms with van der Waals surface area (Å²) in [6.07, 6.45) is 4.70. The lowest BCUT2D eigenvalue weighted by Crippen LogP contribution is -2.51.